The summed E-state index contributed by atoms with van der Waals surface area (Å²) in [6, 6.07) is 0. The normalized spacial score (nSPS) is 20.7. The van der Waals surface area contributed by atoms with Crippen LogP contribution >= 0.6 is 0 Å². The van der Waals surface area contributed by atoms with Crippen LogP contribution in [0.1, 0.15) is 12.8 Å². The fraction of sp³-hybridized carbons (Fsp3) is 0.467. The molecule has 122 valence electrons. The Morgan fingerprint density at radius 1 is 1.35 bits per heavy atom. The van der Waals surface area contributed by atoms with E-state index >= 15 is 0 Å². The minimum absolute atomic E-state index is 0.0786. The number of imidazole rings is 1. The Bertz CT molecular complexity index is 633. The average Bonchev–Trinajstić information content (AvgIpc) is 3.22. The van der Waals surface area contributed by atoms with Gasteiger partial charge in [-0.3, -0.25) is 9.78 Å². The molecule has 3 heterocycles. The Balaban J connectivity index is 1.45. The molecule has 0 bridgehead atoms. The molecule has 3 rings (SSSR count). The van der Waals surface area contributed by atoms with Crippen molar-refractivity contribution in [2.45, 2.75) is 25.0 Å². The Hall–Kier alpha value is -2.48. The Morgan fingerprint density at radius 3 is 3.00 bits per heavy atom. The van der Waals surface area contributed by atoms with Crippen LogP contribution in [-0.2, 0) is 11.3 Å². The molecule has 1 aliphatic rings. The number of hydrogen-bond acceptors (Lipinski definition) is 6. The summed E-state index contributed by atoms with van der Waals surface area (Å²) in [5, 5.41) is 13.4. The number of β-amino-alcohol motifs (C(OH)–C–C–N with tert-alkyl or cyclic N) is 1. The number of hydrogen-bond donors (Lipinski definition) is 2. The molecule has 1 saturated heterocycles. The summed E-state index contributed by atoms with van der Waals surface area (Å²) in [5.74, 6) is 0.667. The molecule has 23 heavy (non-hydrogen) atoms. The fourth-order valence-corrected chi connectivity index (χ4v) is 2.65. The van der Waals surface area contributed by atoms with Crippen molar-refractivity contribution >= 4 is 11.7 Å². The van der Waals surface area contributed by atoms with Gasteiger partial charge in [0.1, 0.15) is 11.4 Å². The van der Waals surface area contributed by atoms with E-state index in [9.17, 15) is 9.90 Å². The molecule has 0 saturated carbocycles. The smallest absolute Gasteiger partial charge is 0.221 e. The van der Waals surface area contributed by atoms with E-state index < -0.39 is 5.60 Å². The van der Waals surface area contributed by atoms with Crippen LogP contribution < -0.4 is 10.2 Å². The number of amides is 1. The van der Waals surface area contributed by atoms with Crippen molar-refractivity contribution in [2.24, 2.45) is 0 Å². The lowest BCUT2D eigenvalue weighted by atomic mass is 10.0. The molecular formula is C15H20N6O2. The van der Waals surface area contributed by atoms with E-state index in [1.807, 2.05) is 15.7 Å². The van der Waals surface area contributed by atoms with Gasteiger partial charge in [0.25, 0.3) is 0 Å². The monoisotopic (exact) mass is 316 g/mol. The van der Waals surface area contributed by atoms with Crippen molar-refractivity contribution < 1.29 is 9.90 Å². The zero-order valence-electron chi connectivity index (χ0n) is 12.8. The second kappa shape index (κ2) is 6.74. The number of nitrogens with zero attached hydrogens (tertiary/aromatic N) is 5. The van der Waals surface area contributed by atoms with Crippen LogP contribution in [0, 0.1) is 0 Å². The summed E-state index contributed by atoms with van der Waals surface area (Å²) in [6.07, 6.45) is 11.0. The molecule has 1 atom stereocenters. The molecule has 1 aliphatic heterocycles. The van der Waals surface area contributed by atoms with Gasteiger partial charge in [-0.2, -0.15) is 0 Å². The SMILES string of the molecule is O=C(CCn1ccnc1)NC[C@]1(O)CCN(c2cnccn2)C1. The minimum atomic E-state index is -0.928. The van der Waals surface area contributed by atoms with Crippen LogP contribution in [0.3, 0.4) is 0 Å². The lowest BCUT2D eigenvalue weighted by Crippen LogP contribution is -2.45. The minimum Gasteiger partial charge on any atom is -0.386 e. The fourth-order valence-electron chi connectivity index (χ4n) is 2.65. The maximum Gasteiger partial charge on any atom is 0.221 e. The van der Waals surface area contributed by atoms with Gasteiger partial charge in [-0.15, -0.1) is 0 Å². The summed E-state index contributed by atoms with van der Waals surface area (Å²) in [4.78, 5) is 26.1. The third-order valence-electron chi connectivity index (χ3n) is 3.98. The standard InChI is InChI=1S/C15H20N6O2/c22-14(1-6-20-8-5-17-12-20)19-10-15(23)2-7-21(11-15)13-9-16-3-4-18-13/h3-5,8-9,12,23H,1-2,6-7,10-11H2,(H,19,22)/t15-/m1/s1. The molecule has 0 aromatic carbocycles. The summed E-state index contributed by atoms with van der Waals surface area (Å²) in [5.41, 5.74) is -0.928. The Kier molecular flexibility index (Phi) is 4.52. The molecule has 0 unspecified atom stereocenters. The van der Waals surface area contributed by atoms with Gasteiger partial charge in [-0.1, -0.05) is 0 Å². The van der Waals surface area contributed by atoms with Gasteiger partial charge in [-0.25, -0.2) is 9.97 Å². The number of aromatic nitrogens is 4. The molecule has 1 amide bonds. The third-order valence-corrected chi connectivity index (χ3v) is 3.98. The van der Waals surface area contributed by atoms with Crippen molar-refractivity contribution in [1.82, 2.24) is 24.8 Å². The molecule has 8 heteroatoms. The van der Waals surface area contributed by atoms with Crippen LogP contribution in [0.5, 0.6) is 0 Å². The van der Waals surface area contributed by atoms with E-state index in [4.69, 9.17) is 0 Å². The first-order valence-electron chi connectivity index (χ1n) is 7.60. The predicted octanol–water partition coefficient (Wildman–Crippen LogP) is -0.179. The van der Waals surface area contributed by atoms with Crippen molar-refractivity contribution in [3.8, 4) is 0 Å². The highest BCUT2D eigenvalue weighted by Crippen LogP contribution is 2.24. The van der Waals surface area contributed by atoms with Gasteiger partial charge in [0.15, 0.2) is 0 Å². The van der Waals surface area contributed by atoms with Crippen molar-refractivity contribution in [3.05, 3.63) is 37.3 Å². The van der Waals surface area contributed by atoms with E-state index in [1.54, 1.807) is 31.1 Å². The largest absolute Gasteiger partial charge is 0.386 e. The highest BCUT2D eigenvalue weighted by Gasteiger charge is 2.36. The van der Waals surface area contributed by atoms with Crippen LogP contribution in [0.25, 0.3) is 0 Å². The van der Waals surface area contributed by atoms with Crippen LogP contribution in [0.2, 0.25) is 0 Å². The first kappa shape index (κ1) is 15.4. The van der Waals surface area contributed by atoms with Crippen molar-refractivity contribution in [3.63, 3.8) is 0 Å². The van der Waals surface area contributed by atoms with Crippen molar-refractivity contribution in [2.75, 3.05) is 24.5 Å². The van der Waals surface area contributed by atoms with E-state index in [1.165, 1.54) is 0 Å². The summed E-state index contributed by atoms with van der Waals surface area (Å²) >= 11 is 0. The highest BCUT2D eigenvalue weighted by atomic mass is 16.3. The van der Waals surface area contributed by atoms with Gasteiger partial charge in [0.05, 0.1) is 12.5 Å². The summed E-state index contributed by atoms with van der Waals surface area (Å²) in [7, 11) is 0. The molecule has 8 nitrogen and oxygen atoms in total. The van der Waals surface area contributed by atoms with E-state index in [0.29, 0.717) is 32.5 Å². The number of aryl methyl sites for hydroxylation is 1. The first-order valence-corrected chi connectivity index (χ1v) is 7.60. The van der Waals surface area contributed by atoms with Crippen LogP contribution in [-0.4, -0.2) is 55.8 Å². The second-order valence-corrected chi connectivity index (χ2v) is 5.79. The van der Waals surface area contributed by atoms with Crippen LogP contribution in [0.15, 0.2) is 37.3 Å². The van der Waals surface area contributed by atoms with Gasteiger partial charge in [0.2, 0.25) is 5.91 Å². The average molecular weight is 316 g/mol. The zero-order valence-corrected chi connectivity index (χ0v) is 12.8. The number of carbonyl (C=O) groups excluding carboxylic acids is 1. The van der Waals surface area contributed by atoms with Gasteiger partial charge >= 0.3 is 0 Å². The lowest BCUT2D eigenvalue weighted by molar-refractivity contribution is -0.122. The molecule has 0 aliphatic carbocycles. The molecular weight excluding hydrogens is 296 g/mol. The van der Waals surface area contributed by atoms with E-state index in [0.717, 1.165) is 5.82 Å². The molecule has 2 aromatic rings. The Labute approximate surface area is 134 Å². The van der Waals surface area contributed by atoms with Gasteiger partial charge in [0, 0.05) is 57.4 Å². The highest BCUT2D eigenvalue weighted by molar-refractivity contribution is 5.75. The number of aliphatic hydroxyl groups is 1. The zero-order chi connectivity index (χ0) is 16.1. The topological polar surface area (TPSA) is 96.2 Å². The number of anilines is 1. The molecule has 2 N–H and O–H groups in total. The summed E-state index contributed by atoms with van der Waals surface area (Å²) < 4.78 is 1.85. The predicted molar refractivity (Wildman–Crippen MR) is 83.7 cm³/mol. The number of rotatable bonds is 6. The molecule has 2 aromatic heterocycles. The molecule has 0 radical (unpaired) electrons. The molecule has 0 spiro atoms. The van der Waals surface area contributed by atoms with E-state index in [2.05, 4.69) is 20.3 Å². The number of nitrogens with one attached hydrogen (secondary N) is 1. The third kappa shape index (κ3) is 4.04. The van der Waals surface area contributed by atoms with Crippen molar-refractivity contribution in [1.29, 1.82) is 0 Å². The lowest BCUT2D eigenvalue weighted by Gasteiger charge is -2.24. The van der Waals surface area contributed by atoms with Crippen LogP contribution in [0.4, 0.5) is 5.82 Å². The summed E-state index contributed by atoms with van der Waals surface area (Å²) in [6.45, 7) is 1.95. The van der Waals surface area contributed by atoms with Gasteiger partial charge < -0.3 is 19.9 Å². The Morgan fingerprint density at radius 2 is 2.26 bits per heavy atom. The maximum atomic E-state index is 11.9. The second-order valence-electron chi connectivity index (χ2n) is 5.79. The molecule has 1 fully saturated rings. The maximum absolute atomic E-state index is 11.9. The van der Waals surface area contributed by atoms with E-state index in [-0.39, 0.29) is 12.5 Å². The first-order chi connectivity index (χ1) is 11.1. The quantitative estimate of drug-likeness (QED) is 0.767. The van der Waals surface area contributed by atoms with Gasteiger partial charge in [-0.05, 0) is 6.42 Å². The number of carbonyl (C=O) groups is 1.